The van der Waals surface area contributed by atoms with Gasteiger partial charge >= 0.3 is 6.18 Å². The minimum atomic E-state index is -5.10. The number of amides is 1. The van der Waals surface area contributed by atoms with Gasteiger partial charge in [-0.25, -0.2) is 4.39 Å². The maximum atomic E-state index is 14.1. The lowest BCUT2D eigenvalue weighted by atomic mass is 9.63. The molecule has 0 aromatic heterocycles. The molecule has 3 aromatic carbocycles. The highest BCUT2D eigenvalue weighted by molar-refractivity contribution is 5.98. The van der Waals surface area contributed by atoms with Gasteiger partial charge in [-0.3, -0.25) is 4.79 Å². The monoisotopic (exact) mass is 447 g/mol. The lowest BCUT2D eigenvalue weighted by Gasteiger charge is -2.48. The molecule has 1 aliphatic carbocycles. The topological polar surface area (TPSA) is 69.6 Å². The van der Waals surface area contributed by atoms with Gasteiger partial charge in [-0.05, 0) is 46.4 Å². The number of carbonyl (C=O) groups is 1. The van der Waals surface area contributed by atoms with E-state index in [1.807, 2.05) is 12.1 Å². The van der Waals surface area contributed by atoms with Crippen LogP contribution in [0.15, 0.2) is 54.6 Å². The minimum absolute atomic E-state index is 0.0739. The van der Waals surface area contributed by atoms with Crippen molar-refractivity contribution in [1.29, 1.82) is 0 Å². The fraction of sp³-hybridized carbons (Fsp3) is 0.292. The van der Waals surface area contributed by atoms with Crippen LogP contribution in [-0.4, -0.2) is 27.9 Å². The summed E-state index contributed by atoms with van der Waals surface area (Å²) in [6.45, 7) is 2.76. The zero-order valence-electron chi connectivity index (χ0n) is 17.3. The molecule has 1 aliphatic rings. The summed E-state index contributed by atoms with van der Waals surface area (Å²) in [6, 6.07) is 11.8. The average molecular weight is 447 g/mol. The normalized spacial score (nSPS) is 22.4. The summed E-state index contributed by atoms with van der Waals surface area (Å²) in [6.07, 6.45) is -5.98. The van der Waals surface area contributed by atoms with E-state index in [1.165, 1.54) is 26.0 Å². The van der Waals surface area contributed by atoms with Gasteiger partial charge in [0, 0.05) is 11.1 Å². The number of aliphatic hydroxyl groups is 1. The van der Waals surface area contributed by atoms with Gasteiger partial charge in [0.25, 0.3) is 5.91 Å². The molecule has 3 N–H and O–H groups in total. The number of carbonyl (C=O) groups excluding carboxylic acids is 1. The number of alkyl halides is 3. The number of phenols is 1. The Balaban J connectivity index is 1.83. The number of rotatable bonds is 2. The van der Waals surface area contributed by atoms with Gasteiger partial charge in [0.05, 0.1) is 6.04 Å². The number of aromatic hydroxyl groups is 1. The molecule has 8 heteroatoms. The van der Waals surface area contributed by atoms with Crippen LogP contribution >= 0.6 is 0 Å². The van der Waals surface area contributed by atoms with Gasteiger partial charge in [0.15, 0.2) is 17.2 Å². The highest BCUT2D eigenvalue weighted by Gasteiger charge is 2.64. The Hall–Kier alpha value is -3.13. The molecular formula is C24H21F4NO3. The van der Waals surface area contributed by atoms with Crippen molar-refractivity contribution >= 4 is 16.7 Å². The summed E-state index contributed by atoms with van der Waals surface area (Å²) in [5.41, 5.74) is -4.91. The first-order chi connectivity index (χ1) is 14.8. The zero-order chi connectivity index (χ0) is 23.5. The number of phenolic OH excluding ortho intramolecular Hbond substituents is 1. The highest BCUT2D eigenvalue weighted by atomic mass is 19.4. The second-order valence-corrected chi connectivity index (χ2v) is 8.81. The van der Waals surface area contributed by atoms with Crippen molar-refractivity contribution < 1.29 is 32.6 Å². The lowest BCUT2D eigenvalue weighted by Crippen LogP contribution is -2.60. The molecule has 0 spiro atoms. The molecule has 32 heavy (non-hydrogen) atoms. The first-order valence-electron chi connectivity index (χ1n) is 9.96. The molecule has 0 saturated heterocycles. The molecule has 0 aliphatic heterocycles. The molecule has 4 rings (SSSR count). The number of nitrogens with one attached hydrogen (secondary N) is 1. The number of hydrogen-bond acceptors (Lipinski definition) is 3. The van der Waals surface area contributed by atoms with Crippen molar-refractivity contribution in [2.24, 2.45) is 0 Å². The highest BCUT2D eigenvalue weighted by Crippen LogP contribution is 2.55. The van der Waals surface area contributed by atoms with Crippen LogP contribution in [0.3, 0.4) is 0 Å². The molecule has 2 atom stereocenters. The number of benzene rings is 3. The third-order valence-corrected chi connectivity index (χ3v) is 6.12. The SMILES string of the molecule is CC1(C)CC(O)(C(F)(F)F)C(NC(=O)c2ccc3ccccc3c2)c2ccc(F)c(O)c21. The third kappa shape index (κ3) is 3.39. The molecule has 0 heterocycles. The van der Waals surface area contributed by atoms with Gasteiger partial charge in [0.1, 0.15) is 0 Å². The van der Waals surface area contributed by atoms with Crippen LogP contribution in [0.25, 0.3) is 10.8 Å². The van der Waals surface area contributed by atoms with E-state index in [2.05, 4.69) is 5.32 Å². The quantitative estimate of drug-likeness (QED) is 0.477. The molecule has 3 aromatic rings. The zero-order valence-corrected chi connectivity index (χ0v) is 17.3. The molecule has 0 saturated carbocycles. The van der Waals surface area contributed by atoms with Gasteiger partial charge in [0.2, 0.25) is 0 Å². The molecular weight excluding hydrogens is 426 g/mol. The van der Waals surface area contributed by atoms with Crippen LogP contribution in [0.4, 0.5) is 17.6 Å². The largest absolute Gasteiger partial charge is 0.505 e. The fourth-order valence-electron chi connectivity index (χ4n) is 4.66. The van der Waals surface area contributed by atoms with E-state index in [9.17, 15) is 32.6 Å². The van der Waals surface area contributed by atoms with Gasteiger partial charge in [-0.2, -0.15) is 13.2 Å². The van der Waals surface area contributed by atoms with E-state index in [1.54, 1.807) is 18.2 Å². The smallest absolute Gasteiger partial charge is 0.419 e. The Morgan fingerprint density at radius 1 is 1.06 bits per heavy atom. The Labute approximate surface area is 181 Å². The van der Waals surface area contributed by atoms with E-state index >= 15 is 0 Å². The summed E-state index contributed by atoms with van der Waals surface area (Å²) in [5.74, 6) is -2.62. The molecule has 0 fully saturated rings. The molecule has 168 valence electrons. The Morgan fingerprint density at radius 3 is 2.38 bits per heavy atom. The standard InChI is InChI=1S/C24H21F4NO3/c1-22(2)12-23(32,24(26,27)28)20(16-9-10-17(25)19(30)18(16)22)29-21(31)15-8-7-13-5-3-4-6-14(13)11-15/h3-11,20,30,32H,12H2,1-2H3,(H,29,31). The number of hydrogen-bond donors (Lipinski definition) is 3. The number of fused-ring (bicyclic) bond motifs is 2. The van der Waals surface area contributed by atoms with Crippen LogP contribution < -0.4 is 5.32 Å². The summed E-state index contributed by atoms with van der Waals surface area (Å²) in [5, 5.41) is 25.0. The van der Waals surface area contributed by atoms with Crippen molar-refractivity contribution in [2.45, 2.75) is 43.5 Å². The van der Waals surface area contributed by atoms with E-state index in [0.717, 1.165) is 22.9 Å². The van der Waals surface area contributed by atoms with E-state index in [4.69, 9.17) is 0 Å². The molecule has 0 radical (unpaired) electrons. The average Bonchev–Trinajstić information content (AvgIpc) is 2.71. The Kier molecular flexibility index (Phi) is 4.97. The van der Waals surface area contributed by atoms with E-state index in [0.29, 0.717) is 0 Å². The van der Waals surface area contributed by atoms with Crippen molar-refractivity contribution in [1.82, 2.24) is 5.32 Å². The first-order valence-corrected chi connectivity index (χ1v) is 9.96. The molecule has 2 unspecified atom stereocenters. The molecule has 0 bridgehead atoms. The third-order valence-electron chi connectivity index (χ3n) is 6.12. The summed E-state index contributed by atoms with van der Waals surface area (Å²) >= 11 is 0. The fourth-order valence-corrected chi connectivity index (χ4v) is 4.66. The van der Waals surface area contributed by atoms with Crippen molar-refractivity contribution in [2.75, 3.05) is 0 Å². The minimum Gasteiger partial charge on any atom is -0.505 e. The van der Waals surface area contributed by atoms with Crippen LogP contribution in [0.1, 0.15) is 47.8 Å². The van der Waals surface area contributed by atoms with E-state index in [-0.39, 0.29) is 16.7 Å². The van der Waals surface area contributed by atoms with E-state index < -0.39 is 47.1 Å². The Bertz CT molecular complexity index is 1220. The van der Waals surface area contributed by atoms with Crippen LogP contribution in [0.5, 0.6) is 5.75 Å². The summed E-state index contributed by atoms with van der Waals surface area (Å²) in [4.78, 5) is 13.0. The molecule has 1 amide bonds. The maximum Gasteiger partial charge on any atom is 0.419 e. The van der Waals surface area contributed by atoms with Crippen molar-refractivity contribution in [3.05, 3.63) is 77.1 Å². The predicted octanol–water partition coefficient (Wildman–Crippen LogP) is 5.13. The first kappa shape index (κ1) is 22.1. The maximum absolute atomic E-state index is 14.1. The molecule has 4 nitrogen and oxygen atoms in total. The predicted molar refractivity (Wildman–Crippen MR) is 111 cm³/mol. The number of halogens is 4. The van der Waals surface area contributed by atoms with Crippen molar-refractivity contribution in [3.63, 3.8) is 0 Å². The summed E-state index contributed by atoms with van der Waals surface area (Å²) < 4.78 is 56.4. The van der Waals surface area contributed by atoms with Crippen LogP contribution in [0.2, 0.25) is 0 Å². The second kappa shape index (κ2) is 7.20. The van der Waals surface area contributed by atoms with Gasteiger partial charge < -0.3 is 15.5 Å². The lowest BCUT2D eigenvalue weighted by molar-refractivity contribution is -0.280. The van der Waals surface area contributed by atoms with Crippen LogP contribution in [-0.2, 0) is 5.41 Å². The second-order valence-electron chi connectivity index (χ2n) is 8.81. The van der Waals surface area contributed by atoms with Gasteiger partial charge in [-0.1, -0.05) is 50.2 Å². The summed E-state index contributed by atoms with van der Waals surface area (Å²) in [7, 11) is 0. The van der Waals surface area contributed by atoms with Gasteiger partial charge in [-0.15, -0.1) is 0 Å². The van der Waals surface area contributed by atoms with Crippen LogP contribution in [0, 0.1) is 5.82 Å². The van der Waals surface area contributed by atoms with Crippen molar-refractivity contribution in [3.8, 4) is 5.75 Å². The Morgan fingerprint density at radius 2 is 1.72 bits per heavy atom.